The van der Waals surface area contributed by atoms with E-state index in [2.05, 4.69) is 16.4 Å². The molecule has 0 aliphatic rings. The number of carbonyl (C=O) groups excluding carboxylic acids is 1. The van der Waals surface area contributed by atoms with E-state index in [1.165, 1.54) is 16.9 Å². The Bertz CT molecular complexity index is 886. The number of benzene rings is 1. The van der Waals surface area contributed by atoms with E-state index in [1.54, 1.807) is 20.8 Å². The molecule has 2 aromatic rings. The molecule has 0 bridgehead atoms. The molecular weight excluding hydrogens is 356 g/mol. The molecule has 0 saturated carbocycles. The van der Waals surface area contributed by atoms with Gasteiger partial charge in [0.1, 0.15) is 9.88 Å². The highest BCUT2D eigenvalue weighted by Gasteiger charge is 2.21. The number of nitrogens with zero attached hydrogens (tertiary/aromatic N) is 1. The highest BCUT2D eigenvalue weighted by atomic mass is 32.2. The summed E-state index contributed by atoms with van der Waals surface area (Å²) in [6, 6.07) is 5.68. The van der Waals surface area contributed by atoms with Gasteiger partial charge in [0.15, 0.2) is 9.84 Å². The predicted molar refractivity (Wildman–Crippen MR) is 103 cm³/mol. The van der Waals surface area contributed by atoms with Crippen LogP contribution in [0.4, 0.5) is 0 Å². The molecule has 25 heavy (non-hydrogen) atoms. The van der Waals surface area contributed by atoms with Gasteiger partial charge in [-0.3, -0.25) is 4.79 Å². The lowest BCUT2D eigenvalue weighted by atomic mass is 10.1. The molecule has 0 aliphatic carbocycles. The van der Waals surface area contributed by atoms with Crippen molar-refractivity contribution in [2.24, 2.45) is 0 Å². The third-order valence-electron chi connectivity index (χ3n) is 3.94. The van der Waals surface area contributed by atoms with Crippen LogP contribution in [0.2, 0.25) is 0 Å². The number of sulfone groups is 1. The van der Waals surface area contributed by atoms with Crippen molar-refractivity contribution in [3.8, 4) is 10.6 Å². The van der Waals surface area contributed by atoms with Gasteiger partial charge < -0.3 is 5.32 Å². The summed E-state index contributed by atoms with van der Waals surface area (Å²) in [4.78, 5) is 17.6. The first-order valence-corrected chi connectivity index (χ1v) is 10.8. The number of nitrogens with one attached hydrogen (secondary N) is 1. The number of hydrogen-bond donors (Lipinski definition) is 1. The molecule has 1 amide bonds. The van der Waals surface area contributed by atoms with Gasteiger partial charge in [-0.25, -0.2) is 13.4 Å². The fraction of sp³-hybridized carbons (Fsp3) is 0.444. The van der Waals surface area contributed by atoms with Crippen LogP contribution in [-0.2, 0) is 9.84 Å². The molecule has 1 aromatic heterocycles. The molecule has 7 heteroatoms. The van der Waals surface area contributed by atoms with E-state index in [0.29, 0.717) is 10.6 Å². The van der Waals surface area contributed by atoms with Crippen molar-refractivity contribution in [1.29, 1.82) is 0 Å². The van der Waals surface area contributed by atoms with Gasteiger partial charge in [-0.1, -0.05) is 30.7 Å². The van der Waals surface area contributed by atoms with Crippen molar-refractivity contribution < 1.29 is 13.2 Å². The van der Waals surface area contributed by atoms with Crippen molar-refractivity contribution in [1.82, 2.24) is 10.3 Å². The van der Waals surface area contributed by atoms with Crippen LogP contribution in [0.15, 0.2) is 18.2 Å². The first-order chi connectivity index (χ1) is 11.6. The molecule has 5 nitrogen and oxygen atoms in total. The predicted octanol–water partition coefficient (Wildman–Crippen LogP) is 3.29. The minimum Gasteiger partial charge on any atom is -0.348 e. The smallest absolute Gasteiger partial charge is 0.263 e. The summed E-state index contributed by atoms with van der Waals surface area (Å²) in [5.41, 5.74) is 3.96. The topological polar surface area (TPSA) is 76.1 Å². The van der Waals surface area contributed by atoms with Gasteiger partial charge in [-0.2, -0.15) is 0 Å². The summed E-state index contributed by atoms with van der Waals surface area (Å²) >= 11 is 1.33. The largest absolute Gasteiger partial charge is 0.348 e. The zero-order chi connectivity index (χ0) is 18.8. The van der Waals surface area contributed by atoms with Gasteiger partial charge in [0.05, 0.1) is 11.4 Å². The van der Waals surface area contributed by atoms with Crippen molar-refractivity contribution in [2.45, 2.75) is 40.7 Å². The molecule has 1 atom stereocenters. The molecule has 0 spiro atoms. The molecule has 0 saturated heterocycles. The highest BCUT2D eigenvalue weighted by Crippen LogP contribution is 2.30. The number of hydrogen-bond acceptors (Lipinski definition) is 5. The van der Waals surface area contributed by atoms with Crippen LogP contribution < -0.4 is 5.32 Å². The number of aromatic nitrogens is 1. The second-order valence-electron chi connectivity index (χ2n) is 6.33. The van der Waals surface area contributed by atoms with E-state index >= 15 is 0 Å². The lowest BCUT2D eigenvalue weighted by Gasteiger charge is -2.13. The van der Waals surface area contributed by atoms with Crippen molar-refractivity contribution >= 4 is 27.1 Å². The fourth-order valence-corrected chi connectivity index (χ4v) is 4.75. The van der Waals surface area contributed by atoms with E-state index in [-0.39, 0.29) is 17.4 Å². The van der Waals surface area contributed by atoms with Crippen LogP contribution in [-0.4, -0.2) is 36.9 Å². The first kappa shape index (κ1) is 19.6. The summed E-state index contributed by atoms with van der Waals surface area (Å²) in [5, 5.41) is 3.57. The summed E-state index contributed by atoms with van der Waals surface area (Å²) in [7, 11) is -3.13. The number of rotatable bonds is 6. The van der Waals surface area contributed by atoms with E-state index in [4.69, 9.17) is 0 Å². The second kappa shape index (κ2) is 7.66. The quantitative estimate of drug-likeness (QED) is 0.834. The van der Waals surface area contributed by atoms with Gasteiger partial charge in [0.2, 0.25) is 0 Å². The second-order valence-corrected chi connectivity index (χ2v) is 9.72. The summed E-state index contributed by atoms with van der Waals surface area (Å²) < 4.78 is 23.4. The number of carbonyl (C=O) groups is 1. The van der Waals surface area contributed by atoms with E-state index < -0.39 is 15.9 Å². The zero-order valence-corrected chi connectivity index (χ0v) is 16.8. The van der Waals surface area contributed by atoms with Gasteiger partial charge in [0.25, 0.3) is 5.91 Å². The van der Waals surface area contributed by atoms with Crippen LogP contribution >= 0.6 is 11.3 Å². The molecular formula is C18H24N2O3S2. The van der Waals surface area contributed by atoms with Crippen LogP contribution in [0.25, 0.3) is 10.6 Å². The molecule has 0 aliphatic heterocycles. The monoisotopic (exact) mass is 380 g/mol. The normalized spacial score (nSPS) is 12.8. The first-order valence-electron chi connectivity index (χ1n) is 8.19. The third-order valence-corrected chi connectivity index (χ3v) is 7.01. The summed E-state index contributed by atoms with van der Waals surface area (Å²) in [5.74, 6) is -0.259. The Morgan fingerprint density at radius 2 is 1.96 bits per heavy atom. The molecule has 1 aromatic carbocycles. The molecule has 0 radical (unpaired) electrons. The highest BCUT2D eigenvalue weighted by molar-refractivity contribution is 7.91. The zero-order valence-electron chi connectivity index (χ0n) is 15.2. The Kier molecular flexibility index (Phi) is 6.00. The lowest BCUT2D eigenvalue weighted by molar-refractivity contribution is 0.0947. The number of thiazole rings is 1. The Labute approximate surface area is 153 Å². The van der Waals surface area contributed by atoms with Crippen molar-refractivity contribution in [3.05, 3.63) is 39.9 Å². The van der Waals surface area contributed by atoms with E-state index in [0.717, 1.165) is 16.1 Å². The maximum atomic E-state index is 12.5. The van der Waals surface area contributed by atoms with Crippen LogP contribution in [0.5, 0.6) is 0 Å². The standard InChI is InChI=1S/C18H24N2O3S2/c1-6-25(22,23)10-13(4)19-17(21)16-14(5)20-18(24-16)15-8-7-11(2)9-12(15)3/h7-9,13H,6,10H2,1-5H3,(H,19,21). The summed E-state index contributed by atoms with van der Waals surface area (Å²) in [6.07, 6.45) is 0. The molecule has 1 heterocycles. The average molecular weight is 381 g/mol. The summed E-state index contributed by atoms with van der Waals surface area (Å²) in [6.45, 7) is 9.16. The number of amides is 1. The van der Waals surface area contributed by atoms with Crippen LogP contribution in [0.3, 0.4) is 0 Å². The van der Waals surface area contributed by atoms with Gasteiger partial charge in [-0.15, -0.1) is 11.3 Å². The van der Waals surface area contributed by atoms with E-state index in [1.807, 2.05) is 26.0 Å². The maximum Gasteiger partial charge on any atom is 0.263 e. The third kappa shape index (κ3) is 4.89. The van der Waals surface area contributed by atoms with Crippen molar-refractivity contribution in [2.75, 3.05) is 11.5 Å². The van der Waals surface area contributed by atoms with Gasteiger partial charge in [-0.05, 0) is 33.3 Å². The molecule has 1 N–H and O–H groups in total. The molecule has 2 rings (SSSR count). The SMILES string of the molecule is CCS(=O)(=O)CC(C)NC(=O)c1sc(-c2ccc(C)cc2C)nc1C. The van der Waals surface area contributed by atoms with Gasteiger partial charge in [0, 0.05) is 17.4 Å². The Morgan fingerprint density at radius 1 is 1.28 bits per heavy atom. The van der Waals surface area contributed by atoms with Crippen molar-refractivity contribution in [3.63, 3.8) is 0 Å². The minimum atomic E-state index is -3.13. The maximum absolute atomic E-state index is 12.5. The van der Waals surface area contributed by atoms with Crippen LogP contribution in [0.1, 0.15) is 40.3 Å². The number of aryl methyl sites for hydroxylation is 3. The Balaban J connectivity index is 2.20. The lowest BCUT2D eigenvalue weighted by Crippen LogP contribution is -2.37. The molecule has 136 valence electrons. The average Bonchev–Trinajstić information content (AvgIpc) is 2.88. The Hall–Kier alpha value is -1.73. The van der Waals surface area contributed by atoms with Gasteiger partial charge >= 0.3 is 0 Å². The minimum absolute atomic E-state index is 0.0585. The van der Waals surface area contributed by atoms with E-state index in [9.17, 15) is 13.2 Å². The molecule has 0 fully saturated rings. The molecule has 1 unspecified atom stereocenters. The Morgan fingerprint density at radius 3 is 2.56 bits per heavy atom. The van der Waals surface area contributed by atoms with Crippen LogP contribution in [0, 0.1) is 20.8 Å². The fourth-order valence-electron chi connectivity index (χ4n) is 2.61.